The van der Waals surface area contributed by atoms with E-state index in [4.69, 9.17) is 5.73 Å². The smallest absolute Gasteiger partial charge is 0.230 e. The first kappa shape index (κ1) is 14.7. The molecule has 0 aliphatic rings. The molecule has 2 heterocycles. The molecule has 0 bridgehead atoms. The summed E-state index contributed by atoms with van der Waals surface area (Å²) in [5.74, 6) is -0.0794. The lowest BCUT2D eigenvalue weighted by Crippen LogP contribution is -2.14. The van der Waals surface area contributed by atoms with Gasteiger partial charge in [0.05, 0.1) is 22.7 Å². The number of nitrogen functional groups attached to an aromatic ring is 1. The highest BCUT2D eigenvalue weighted by molar-refractivity contribution is 7.19. The zero-order chi connectivity index (χ0) is 15.5. The third kappa shape index (κ3) is 3.32. The molecule has 2 aromatic heterocycles. The van der Waals surface area contributed by atoms with E-state index >= 15 is 0 Å². The molecule has 0 aliphatic carbocycles. The minimum absolute atomic E-state index is 0.0794. The number of nitrogens with two attached hydrogens (primary N) is 1. The number of benzene rings is 1. The summed E-state index contributed by atoms with van der Waals surface area (Å²) in [5, 5.41) is 5.84. The van der Waals surface area contributed by atoms with Gasteiger partial charge in [0.2, 0.25) is 5.91 Å². The Labute approximate surface area is 135 Å². The number of nitrogens with one attached hydrogen (secondary N) is 1. The van der Waals surface area contributed by atoms with Crippen molar-refractivity contribution in [1.82, 2.24) is 9.97 Å². The highest BCUT2D eigenvalue weighted by Crippen LogP contribution is 2.33. The first-order valence-electron chi connectivity index (χ1n) is 6.64. The number of rotatable bonds is 4. The summed E-state index contributed by atoms with van der Waals surface area (Å²) < 4.78 is 0. The van der Waals surface area contributed by atoms with Crippen molar-refractivity contribution in [3.63, 3.8) is 0 Å². The maximum Gasteiger partial charge on any atom is 0.230 e. The molecule has 1 amide bonds. The predicted octanol–water partition coefficient (Wildman–Crippen LogP) is 3.34. The maximum atomic E-state index is 12.1. The van der Waals surface area contributed by atoms with E-state index in [-0.39, 0.29) is 5.91 Å². The second-order valence-electron chi connectivity index (χ2n) is 4.72. The van der Waals surface area contributed by atoms with E-state index in [0.29, 0.717) is 16.7 Å². The molecule has 3 aromatic rings. The quantitative estimate of drug-likeness (QED) is 0.769. The summed E-state index contributed by atoms with van der Waals surface area (Å²) >= 11 is 2.80. The van der Waals surface area contributed by atoms with Gasteiger partial charge in [0.15, 0.2) is 10.3 Å². The lowest BCUT2D eigenvalue weighted by Gasteiger charge is -2.01. The second kappa shape index (κ2) is 6.25. The van der Waals surface area contributed by atoms with Crippen molar-refractivity contribution in [2.24, 2.45) is 0 Å². The molecule has 112 valence electrons. The number of hydrogen-bond acceptors (Lipinski definition) is 6. The largest absolute Gasteiger partial charge is 0.375 e. The van der Waals surface area contributed by atoms with Crippen LogP contribution in [0.5, 0.6) is 0 Å². The Bertz CT molecular complexity index is 795. The standard InChI is InChI=1S/C15H14N4OS2/c1-9-13(11-8-21-14(16)18-11)22-15(17-9)19-12(20)7-10-5-3-2-4-6-10/h2-6,8H,7H2,1H3,(H2,16,18)(H,17,19,20). The van der Waals surface area contributed by atoms with Crippen LogP contribution in [-0.4, -0.2) is 15.9 Å². The Morgan fingerprint density at radius 3 is 2.73 bits per heavy atom. The Hall–Kier alpha value is -2.25. The summed E-state index contributed by atoms with van der Waals surface area (Å²) in [4.78, 5) is 21.6. The number of carbonyl (C=O) groups excluding carboxylic acids is 1. The van der Waals surface area contributed by atoms with Gasteiger partial charge >= 0.3 is 0 Å². The summed E-state index contributed by atoms with van der Waals surface area (Å²) in [6, 6.07) is 9.62. The van der Waals surface area contributed by atoms with Crippen LogP contribution in [0.25, 0.3) is 10.6 Å². The molecule has 5 nitrogen and oxygen atoms in total. The van der Waals surface area contributed by atoms with E-state index < -0.39 is 0 Å². The second-order valence-corrected chi connectivity index (χ2v) is 6.60. The first-order chi connectivity index (χ1) is 10.6. The Morgan fingerprint density at radius 2 is 2.05 bits per heavy atom. The topological polar surface area (TPSA) is 80.9 Å². The van der Waals surface area contributed by atoms with Gasteiger partial charge in [-0.3, -0.25) is 4.79 Å². The van der Waals surface area contributed by atoms with Gasteiger partial charge in [0.1, 0.15) is 0 Å². The van der Waals surface area contributed by atoms with Crippen molar-refractivity contribution in [3.05, 3.63) is 47.0 Å². The van der Waals surface area contributed by atoms with Gasteiger partial charge in [-0.1, -0.05) is 41.7 Å². The molecule has 22 heavy (non-hydrogen) atoms. The summed E-state index contributed by atoms with van der Waals surface area (Å²) in [6.07, 6.45) is 0.332. The zero-order valence-electron chi connectivity index (χ0n) is 11.9. The van der Waals surface area contributed by atoms with E-state index in [2.05, 4.69) is 15.3 Å². The molecule has 0 saturated heterocycles. The average molecular weight is 330 g/mol. The molecule has 0 aliphatic heterocycles. The Balaban J connectivity index is 1.72. The molecule has 0 atom stereocenters. The molecule has 7 heteroatoms. The minimum atomic E-state index is -0.0794. The zero-order valence-corrected chi connectivity index (χ0v) is 13.5. The summed E-state index contributed by atoms with van der Waals surface area (Å²) in [6.45, 7) is 1.90. The lowest BCUT2D eigenvalue weighted by atomic mass is 10.1. The number of anilines is 2. The number of aromatic nitrogens is 2. The fraction of sp³-hybridized carbons (Fsp3) is 0.133. The van der Waals surface area contributed by atoms with Crippen molar-refractivity contribution >= 4 is 38.8 Å². The molecule has 0 radical (unpaired) electrons. The van der Waals surface area contributed by atoms with Crippen LogP contribution in [0.3, 0.4) is 0 Å². The summed E-state index contributed by atoms with van der Waals surface area (Å²) in [7, 11) is 0. The number of carbonyl (C=O) groups is 1. The van der Waals surface area contributed by atoms with Crippen LogP contribution in [-0.2, 0) is 11.2 Å². The van der Waals surface area contributed by atoms with Crippen molar-refractivity contribution in [3.8, 4) is 10.6 Å². The number of hydrogen-bond donors (Lipinski definition) is 2. The van der Waals surface area contributed by atoms with Crippen LogP contribution in [0, 0.1) is 6.92 Å². The van der Waals surface area contributed by atoms with E-state index in [1.54, 1.807) is 0 Å². The van der Waals surface area contributed by atoms with Crippen LogP contribution < -0.4 is 11.1 Å². The van der Waals surface area contributed by atoms with Crippen LogP contribution in [0.2, 0.25) is 0 Å². The number of amides is 1. The van der Waals surface area contributed by atoms with Crippen molar-refractivity contribution in [2.75, 3.05) is 11.1 Å². The van der Waals surface area contributed by atoms with Gasteiger partial charge < -0.3 is 11.1 Å². The SMILES string of the molecule is Cc1nc(NC(=O)Cc2ccccc2)sc1-c1csc(N)n1. The fourth-order valence-electron chi connectivity index (χ4n) is 2.02. The van der Waals surface area contributed by atoms with E-state index in [9.17, 15) is 4.79 Å². The van der Waals surface area contributed by atoms with Gasteiger partial charge in [-0.2, -0.15) is 0 Å². The van der Waals surface area contributed by atoms with E-state index in [1.807, 2.05) is 42.6 Å². The lowest BCUT2D eigenvalue weighted by molar-refractivity contribution is -0.115. The average Bonchev–Trinajstić information content (AvgIpc) is 3.06. The number of thiazole rings is 2. The highest BCUT2D eigenvalue weighted by Gasteiger charge is 2.14. The van der Waals surface area contributed by atoms with E-state index in [0.717, 1.165) is 21.8 Å². The van der Waals surface area contributed by atoms with Crippen LogP contribution >= 0.6 is 22.7 Å². The number of nitrogens with zero attached hydrogens (tertiary/aromatic N) is 2. The molecule has 0 fully saturated rings. The molecule has 0 saturated carbocycles. The van der Waals surface area contributed by atoms with Gasteiger partial charge in [-0.15, -0.1) is 11.3 Å². The van der Waals surface area contributed by atoms with Crippen molar-refractivity contribution in [1.29, 1.82) is 0 Å². The Kier molecular flexibility index (Phi) is 4.17. The van der Waals surface area contributed by atoms with Gasteiger partial charge in [-0.25, -0.2) is 9.97 Å². The fourth-order valence-corrected chi connectivity index (χ4v) is 3.60. The van der Waals surface area contributed by atoms with Gasteiger partial charge in [-0.05, 0) is 12.5 Å². The normalized spacial score (nSPS) is 10.6. The van der Waals surface area contributed by atoms with E-state index in [1.165, 1.54) is 22.7 Å². The molecular weight excluding hydrogens is 316 g/mol. The third-order valence-electron chi connectivity index (χ3n) is 3.01. The maximum absolute atomic E-state index is 12.1. The Morgan fingerprint density at radius 1 is 1.27 bits per heavy atom. The van der Waals surface area contributed by atoms with Gasteiger partial charge in [0.25, 0.3) is 0 Å². The predicted molar refractivity (Wildman–Crippen MR) is 91.1 cm³/mol. The summed E-state index contributed by atoms with van der Waals surface area (Å²) in [5.41, 5.74) is 8.28. The van der Waals surface area contributed by atoms with Crippen molar-refractivity contribution in [2.45, 2.75) is 13.3 Å². The molecule has 0 spiro atoms. The third-order valence-corrected chi connectivity index (χ3v) is 4.77. The molecule has 0 unspecified atom stereocenters. The van der Waals surface area contributed by atoms with Gasteiger partial charge in [0, 0.05) is 5.38 Å². The van der Waals surface area contributed by atoms with Crippen LogP contribution in [0.1, 0.15) is 11.3 Å². The molecule has 1 aromatic carbocycles. The highest BCUT2D eigenvalue weighted by atomic mass is 32.1. The number of aryl methyl sites for hydroxylation is 1. The van der Waals surface area contributed by atoms with Crippen LogP contribution in [0.15, 0.2) is 35.7 Å². The first-order valence-corrected chi connectivity index (χ1v) is 8.34. The van der Waals surface area contributed by atoms with Crippen LogP contribution in [0.4, 0.5) is 10.3 Å². The van der Waals surface area contributed by atoms with Crippen molar-refractivity contribution < 1.29 is 4.79 Å². The monoisotopic (exact) mass is 330 g/mol. The minimum Gasteiger partial charge on any atom is -0.375 e. The molecule has 3 rings (SSSR count). The molecular formula is C15H14N4OS2. The molecule has 3 N–H and O–H groups in total.